The van der Waals surface area contributed by atoms with Crippen LogP contribution in [0.5, 0.6) is 0 Å². The third-order valence-electron chi connectivity index (χ3n) is 1.57. The van der Waals surface area contributed by atoms with E-state index in [1.807, 2.05) is 0 Å². The monoisotopic (exact) mass is 288 g/mol. The van der Waals surface area contributed by atoms with Crippen LogP contribution in [0.25, 0.3) is 0 Å². The third kappa shape index (κ3) is 2.17. The summed E-state index contributed by atoms with van der Waals surface area (Å²) in [5, 5.41) is 0. The van der Waals surface area contributed by atoms with Crippen LogP contribution in [0, 0.1) is 17.5 Å². The van der Waals surface area contributed by atoms with Gasteiger partial charge in [0.2, 0.25) is 5.78 Å². The molecule has 0 N–H and O–H groups in total. The number of benzene rings is 1. The third-order valence-corrected chi connectivity index (χ3v) is 2.14. The molecule has 0 amide bonds. The molecular formula is C8H2BrF5O. The Morgan fingerprint density at radius 2 is 1.67 bits per heavy atom. The average molecular weight is 289 g/mol. The molecule has 0 atom stereocenters. The number of hydrogen-bond acceptors (Lipinski definition) is 1. The Morgan fingerprint density at radius 3 is 2.13 bits per heavy atom. The minimum Gasteiger partial charge on any atom is -0.288 e. The van der Waals surface area contributed by atoms with Crippen molar-refractivity contribution in [3.8, 4) is 0 Å². The summed E-state index contributed by atoms with van der Waals surface area (Å²) in [4.78, 5) is 10.7. The number of rotatable bonds is 2. The van der Waals surface area contributed by atoms with Crippen molar-refractivity contribution in [1.29, 1.82) is 0 Å². The first-order chi connectivity index (χ1) is 6.86. The van der Waals surface area contributed by atoms with Gasteiger partial charge < -0.3 is 0 Å². The second-order valence-corrected chi connectivity index (χ2v) is 3.37. The van der Waals surface area contributed by atoms with Gasteiger partial charge in [0, 0.05) is 0 Å². The molecule has 0 saturated heterocycles. The zero-order valence-corrected chi connectivity index (χ0v) is 8.42. The highest BCUT2D eigenvalue weighted by molar-refractivity contribution is 9.10. The van der Waals surface area contributed by atoms with E-state index in [2.05, 4.69) is 15.9 Å². The van der Waals surface area contributed by atoms with Gasteiger partial charge in [0.05, 0.1) is 10.0 Å². The lowest BCUT2D eigenvalue weighted by molar-refractivity contribution is 0.0672. The number of Topliss-reactive ketones (excluding diaryl/α,β-unsaturated/α-hetero) is 1. The number of alkyl halides is 2. The second-order valence-electron chi connectivity index (χ2n) is 2.51. The van der Waals surface area contributed by atoms with E-state index in [1.165, 1.54) is 0 Å². The first-order valence-electron chi connectivity index (χ1n) is 3.51. The molecule has 15 heavy (non-hydrogen) atoms. The molecule has 1 rings (SSSR count). The fourth-order valence-corrected chi connectivity index (χ4v) is 1.27. The van der Waals surface area contributed by atoms with Gasteiger partial charge in [-0.2, -0.15) is 0 Å². The Bertz CT molecular complexity index is 418. The molecule has 1 aromatic rings. The van der Waals surface area contributed by atoms with Gasteiger partial charge in [-0.3, -0.25) is 4.79 Å². The van der Waals surface area contributed by atoms with Crippen molar-refractivity contribution in [3.63, 3.8) is 0 Å². The summed E-state index contributed by atoms with van der Waals surface area (Å²) in [5.41, 5.74) is -1.18. The summed E-state index contributed by atoms with van der Waals surface area (Å²) in [6.45, 7) is 0. The first-order valence-corrected chi connectivity index (χ1v) is 4.31. The van der Waals surface area contributed by atoms with E-state index < -0.39 is 39.7 Å². The number of ketones is 1. The Kier molecular flexibility index (Phi) is 3.43. The van der Waals surface area contributed by atoms with Crippen LogP contribution < -0.4 is 0 Å². The lowest BCUT2D eigenvalue weighted by Crippen LogP contribution is -2.14. The fourth-order valence-electron chi connectivity index (χ4n) is 0.870. The maximum absolute atomic E-state index is 12.9. The number of carbonyl (C=O) groups is 1. The number of hydrogen-bond donors (Lipinski definition) is 0. The maximum Gasteiger partial charge on any atom is 0.300 e. The Morgan fingerprint density at radius 1 is 1.13 bits per heavy atom. The van der Waals surface area contributed by atoms with Gasteiger partial charge in [0.25, 0.3) is 0 Å². The summed E-state index contributed by atoms with van der Waals surface area (Å²) < 4.78 is 61.5. The molecular weight excluding hydrogens is 287 g/mol. The molecule has 0 fully saturated rings. The lowest BCUT2D eigenvalue weighted by atomic mass is 10.1. The molecule has 0 radical (unpaired) electrons. The highest BCUT2D eigenvalue weighted by Gasteiger charge is 2.26. The van der Waals surface area contributed by atoms with Gasteiger partial charge in [0.15, 0.2) is 17.5 Å². The Hall–Kier alpha value is -0.980. The molecule has 0 aliphatic rings. The minimum atomic E-state index is -3.48. The Balaban J connectivity index is 3.39. The van der Waals surface area contributed by atoms with Gasteiger partial charge >= 0.3 is 6.43 Å². The Labute approximate surface area is 89.0 Å². The molecule has 0 saturated carbocycles. The molecule has 0 bridgehead atoms. The summed E-state index contributed by atoms with van der Waals surface area (Å²) >= 11 is 2.47. The van der Waals surface area contributed by atoms with Crippen LogP contribution in [0.1, 0.15) is 10.4 Å². The zero-order valence-electron chi connectivity index (χ0n) is 6.83. The SMILES string of the molecule is O=C(c1cc(Br)c(F)c(F)c1F)C(F)F. The van der Waals surface area contributed by atoms with Crippen LogP contribution in [0.2, 0.25) is 0 Å². The molecule has 7 heteroatoms. The molecule has 1 aromatic carbocycles. The van der Waals surface area contributed by atoms with Crippen molar-refractivity contribution < 1.29 is 26.7 Å². The minimum absolute atomic E-state index is 0.474. The van der Waals surface area contributed by atoms with Gasteiger partial charge in [-0.05, 0) is 22.0 Å². The molecule has 0 aliphatic carbocycles. The molecule has 0 heterocycles. The number of carbonyl (C=O) groups excluding carboxylic acids is 1. The van der Waals surface area contributed by atoms with Gasteiger partial charge in [-0.1, -0.05) is 0 Å². The van der Waals surface area contributed by atoms with E-state index in [4.69, 9.17) is 0 Å². The zero-order chi connectivity index (χ0) is 11.7. The highest BCUT2D eigenvalue weighted by atomic mass is 79.9. The van der Waals surface area contributed by atoms with E-state index in [0.717, 1.165) is 0 Å². The fraction of sp³-hybridized carbons (Fsp3) is 0.125. The van der Waals surface area contributed by atoms with Crippen LogP contribution in [-0.2, 0) is 0 Å². The highest BCUT2D eigenvalue weighted by Crippen LogP contribution is 2.25. The largest absolute Gasteiger partial charge is 0.300 e. The van der Waals surface area contributed by atoms with Crippen LogP contribution in [0.4, 0.5) is 22.0 Å². The van der Waals surface area contributed by atoms with Gasteiger partial charge in [-0.15, -0.1) is 0 Å². The molecule has 0 spiro atoms. The smallest absolute Gasteiger partial charge is 0.288 e. The van der Waals surface area contributed by atoms with Gasteiger partial charge in [0.1, 0.15) is 0 Å². The van der Waals surface area contributed by atoms with E-state index in [-0.39, 0.29) is 0 Å². The summed E-state index contributed by atoms with van der Waals surface area (Å²) in [6.07, 6.45) is -3.48. The van der Waals surface area contributed by atoms with E-state index >= 15 is 0 Å². The quantitative estimate of drug-likeness (QED) is 0.353. The maximum atomic E-state index is 12.9. The molecule has 0 aromatic heterocycles. The molecule has 0 aliphatic heterocycles. The molecule has 0 unspecified atom stereocenters. The standard InChI is InChI=1S/C8H2BrF5O/c9-3-1-2(7(15)8(13)14)4(10)6(12)5(3)11/h1,8H. The van der Waals surface area contributed by atoms with Crippen molar-refractivity contribution in [1.82, 2.24) is 0 Å². The number of halogens is 6. The van der Waals surface area contributed by atoms with Crippen LogP contribution in [0.3, 0.4) is 0 Å². The topological polar surface area (TPSA) is 17.1 Å². The van der Waals surface area contributed by atoms with Crippen molar-refractivity contribution in [3.05, 3.63) is 33.6 Å². The van der Waals surface area contributed by atoms with E-state index in [1.54, 1.807) is 0 Å². The first kappa shape index (κ1) is 12.1. The summed E-state index contributed by atoms with van der Waals surface area (Å²) in [5.74, 6) is -7.35. The lowest BCUT2D eigenvalue weighted by Gasteiger charge is -2.04. The molecule has 1 nitrogen and oxygen atoms in total. The van der Waals surface area contributed by atoms with Gasteiger partial charge in [-0.25, -0.2) is 22.0 Å². The summed E-state index contributed by atoms with van der Waals surface area (Å²) in [7, 11) is 0. The van der Waals surface area contributed by atoms with E-state index in [0.29, 0.717) is 6.07 Å². The van der Waals surface area contributed by atoms with Crippen LogP contribution in [-0.4, -0.2) is 12.2 Å². The van der Waals surface area contributed by atoms with Crippen molar-refractivity contribution >= 4 is 21.7 Å². The average Bonchev–Trinajstić information content (AvgIpc) is 2.19. The predicted octanol–water partition coefficient (Wildman–Crippen LogP) is 3.31. The predicted molar refractivity (Wildman–Crippen MR) is 44.4 cm³/mol. The molecule has 82 valence electrons. The van der Waals surface area contributed by atoms with Crippen molar-refractivity contribution in [2.45, 2.75) is 6.43 Å². The van der Waals surface area contributed by atoms with Crippen molar-refractivity contribution in [2.24, 2.45) is 0 Å². The second kappa shape index (κ2) is 4.26. The van der Waals surface area contributed by atoms with Crippen LogP contribution >= 0.6 is 15.9 Å². The van der Waals surface area contributed by atoms with E-state index in [9.17, 15) is 26.7 Å². The van der Waals surface area contributed by atoms with Crippen molar-refractivity contribution in [2.75, 3.05) is 0 Å². The normalized spacial score (nSPS) is 10.9. The summed E-state index contributed by atoms with van der Waals surface area (Å²) in [6, 6.07) is 0.474. The van der Waals surface area contributed by atoms with Crippen LogP contribution in [0.15, 0.2) is 10.5 Å².